The molecule has 0 aromatic carbocycles. The summed E-state index contributed by atoms with van der Waals surface area (Å²) in [7, 11) is 0. The van der Waals surface area contributed by atoms with Crippen LogP contribution in [0, 0.1) is 0 Å². The molecule has 0 aliphatic rings. The van der Waals surface area contributed by atoms with Crippen LogP contribution < -0.4 is 0 Å². The molecule has 0 atom stereocenters. The Morgan fingerprint density at radius 2 is 1.00 bits per heavy atom. The van der Waals surface area contributed by atoms with E-state index in [-0.39, 0.29) is 19.8 Å². The van der Waals surface area contributed by atoms with Crippen LogP contribution in [0.3, 0.4) is 0 Å². The van der Waals surface area contributed by atoms with Gasteiger partial charge in [-0.1, -0.05) is 0 Å². The van der Waals surface area contributed by atoms with Crippen molar-refractivity contribution in [2.24, 2.45) is 0 Å². The summed E-state index contributed by atoms with van der Waals surface area (Å²) in [6.45, 7) is 1.75. The van der Waals surface area contributed by atoms with Crippen LogP contribution in [0.5, 0.6) is 0 Å². The normalized spacial score (nSPS) is 9.64. The van der Waals surface area contributed by atoms with Gasteiger partial charge in [0.25, 0.3) is 0 Å². The summed E-state index contributed by atoms with van der Waals surface area (Å²) in [6.07, 6.45) is 0. The molecule has 0 rings (SSSR count). The zero-order valence-corrected chi connectivity index (χ0v) is 10.0. The molecule has 4 nitrogen and oxygen atoms in total. The highest BCUT2D eigenvalue weighted by Gasteiger charge is 2.00. The standard InChI is InChI=1S/C6H15NO3.BCl3/c8-4-1-7(2-5-9)3-6-10;2-1(3)4/h8-10H,1-6H2;. The SMILES string of the molecule is ClB(Cl)Cl.OCCN(CCO)CCO. The number of hydrogen-bond donors (Lipinski definition) is 3. The molecule has 0 unspecified atom stereocenters. The number of rotatable bonds is 6. The lowest BCUT2D eigenvalue weighted by molar-refractivity contribution is 0.136. The molecule has 0 saturated carbocycles. The third-order valence-electron chi connectivity index (χ3n) is 1.25. The first-order chi connectivity index (χ1) is 6.58. The van der Waals surface area contributed by atoms with Crippen LogP contribution in [0.2, 0.25) is 0 Å². The molecule has 0 heterocycles. The van der Waals surface area contributed by atoms with Crippen molar-refractivity contribution in [3.63, 3.8) is 0 Å². The molecule has 3 N–H and O–H groups in total. The van der Waals surface area contributed by atoms with E-state index in [0.717, 1.165) is 0 Å². The lowest BCUT2D eigenvalue weighted by atomic mass is 10.4. The summed E-state index contributed by atoms with van der Waals surface area (Å²) < 4.78 is 0. The molecule has 0 aromatic rings. The smallest absolute Gasteiger partial charge is 0.395 e. The molecule has 86 valence electrons. The van der Waals surface area contributed by atoms with Gasteiger partial charge in [0.2, 0.25) is 0 Å². The number of aliphatic hydroxyl groups excluding tert-OH is 3. The average molecular weight is 266 g/mol. The van der Waals surface area contributed by atoms with E-state index >= 15 is 0 Å². The van der Waals surface area contributed by atoms with E-state index in [4.69, 9.17) is 49.7 Å². The summed E-state index contributed by atoms with van der Waals surface area (Å²) in [4.78, 5) is 1.04. The number of hydrogen-bond acceptors (Lipinski definition) is 4. The van der Waals surface area contributed by atoms with Crippen molar-refractivity contribution in [2.45, 2.75) is 0 Å². The van der Waals surface area contributed by atoms with Gasteiger partial charge in [0.1, 0.15) is 0 Å². The Hall–Kier alpha value is 0.775. The van der Waals surface area contributed by atoms with Crippen LogP contribution in [0.15, 0.2) is 0 Å². The Balaban J connectivity index is 0. The molecule has 14 heavy (non-hydrogen) atoms. The highest BCUT2D eigenvalue weighted by Crippen LogP contribution is 1.97. The molecule has 0 fully saturated rings. The number of aliphatic hydroxyl groups is 3. The Morgan fingerprint density at radius 3 is 1.14 bits per heavy atom. The zero-order valence-electron chi connectivity index (χ0n) is 7.74. The Morgan fingerprint density at radius 1 is 0.786 bits per heavy atom. The maximum Gasteiger partial charge on any atom is 0.450 e. The Labute approximate surface area is 99.2 Å². The molecule has 0 aliphatic heterocycles. The van der Waals surface area contributed by atoms with Gasteiger partial charge >= 0.3 is 4.96 Å². The fourth-order valence-corrected chi connectivity index (χ4v) is 0.760. The molecule has 0 radical (unpaired) electrons. The van der Waals surface area contributed by atoms with Gasteiger partial charge in [-0.05, 0) is 0 Å². The monoisotopic (exact) mass is 265 g/mol. The van der Waals surface area contributed by atoms with E-state index in [1.54, 1.807) is 4.90 Å². The molecular formula is C6H15BCl3NO3. The van der Waals surface area contributed by atoms with Crippen LogP contribution >= 0.6 is 34.4 Å². The minimum absolute atomic E-state index is 0.0694. The van der Waals surface area contributed by atoms with Crippen molar-refractivity contribution in [1.82, 2.24) is 4.90 Å². The van der Waals surface area contributed by atoms with Crippen molar-refractivity contribution in [2.75, 3.05) is 39.5 Å². The summed E-state index contributed by atoms with van der Waals surface area (Å²) in [5.74, 6) is 0. The molecule has 0 bridgehead atoms. The van der Waals surface area contributed by atoms with Gasteiger partial charge in [-0.2, -0.15) is 34.4 Å². The van der Waals surface area contributed by atoms with E-state index in [0.29, 0.717) is 19.6 Å². The summed E-state index contributed by atoms with van der Waals surface area (Å²) in [5.41, 5.74) is 0. The maximum atomic E-state index is 8.48. The number of nitrogens with zero attached hydrogens (tertiary/aromatic N) is 1. The third-order valence-corrected chi connectivity index (χ3v) is 1.25. The van der Waals surface area contributed by atoms with Crippen molar-refractivity contribution in [1.29, 1.82) is 0 Å². The number of halogens is 3. The van der Waals surface area contributed by atoms with Gasteiger partial charge in [0.05, 0.1) is 19.8 Å². The first-order valence-corrected chi connectivity index (χ1v) is 5.36. The predicted octanol–water partition coefficient (Wildman–Crippen LogP) is -0.0470. The summed E-state index contributed by atoms with van der Waals surface area (Å²) >= 11 is 14.4. The average Bonchev–Trinajstić information content (AvgIpc) is 2.04. The van der Waals surface area contributed by atoms with E-state index < -0.39 is 4.96 Å². The largest absolute Gasteiger partial charge is 0.450 e. The Kier molecular flexibility index (Phi) is 16.9. The fraction of sp³-hybridized carbons (Fsp3) is 1.00. The summed E-state index contributed by atoms with van der Waals surface area (Å²) in [5, 5.41) is 25.5. The predicted molar refractivity (Wildman–Crippen MR) is 61.0 cm³/mol. The molecule has 0 aromatic heterocycles. The van der Waals surface area contributed by atoms with Crippen LogP contribution in [0.4, 0.5) is 0 Å². The van der Waals surface area contributed by atoms with Crippen LogP contribution in [0.25, 0.3) is 0 Å². The summed E-state index contributed by atoms with van der Waals surface area (Å²) in [6, 6.07) is 0. The zero-order chi connectivity index (χ0) is 11.4. The van der Waals surface area contributed by atoms with Crippen molar-refractivity contribution in [3.05, 3.63) is 0 Å². The quantitative estimate of drug-likeness (QED) is 0.590. The molecular weight excluding hydrogens is 251 g/mol. The Bertz CT molecular complexity index is 95.3. The van der Waals surface area contributed by atoms with Gasteiger partial charge < -0.3 is 15.3 Å². The topological polar surface area (TPSA) is 63.9 Å². The highest BCUT2D eigenvalue weighted by atomic mass is 35.6. The second kappa shape index (κ2) is 13.8. The van der Waals surface area contributed by atoms with E-state index in [9.17, 15) is 0 Å². The third kappa shape index (κ3) is 18.5. The first kappa shape index (κ1) is 17.2. The molecule has 0 amide bonds. The van der Waals surface area contributed by atoms with E-state index in [1.807, 2.05) is 0 Å². The molecule has 0 spiro atoms. The minimum Gasteiger partial charge on any atom is -0.395 e. The van der Waals surface area contributed by atoms with Gasteiger partial charge in [-0.15, -0.1) is 0 Å². The second-order valence-corrected chi connectivity index (χ2v) is 4.24. The van der Waals surface area contributed by atoms with Gasteiger partial charge in [0, 0.05) is 19.6 Å². The minimum atomic E-state index is -0.750. The lowest BCUT2D eigenvalue weighted by Gasteiger charge is -2.17. The van der Waals surface area contributed by atoms with Crippen molar-refractivity contribution in [3.8, 4) is 0 Å². The molecule has 8 heteroatoms. The first-order valence-electron chi connectivity index (χ1n) is 4.05. The van der Waals surface area contributed by atoms with Crippen molar-refractivity contribution < 1.29 is 15.3 Å². The maximum absolute atomic E-state index is 8.48. The van der Waals surface area contributed by atoms with Crippen LogP contribution in [-0.4, -0.2) is 64.6 Å². The molecule has 0 aliphatic carbocycles. The van der Waals surface area contributed by atoms with E-state index in [2.05, 4.69) is 0 Å². The van der Waals surface area contributed by atoms with Gasteiger partial charge in [0.15, 0.2) is 0 Å². The van der Waals surface area contributed by atoms with Gasteiger partial charge in [-0.3, -0.25) is 4.90 Å². The fourth-order valence-electron chi connectivity index (χ4n) is 0.760. The lowest BCUT2D eigenvalue weighted by Crippen LogP contribution is -2.32. The van der Waals surface area contributed by atoms with Crippen molar-refractivity contribution >= 4 is 39.3 Å². The highest BCUT2D eigenvalue weighted by molar-refractivity contribution is 7.54. The van der Waals surface area contributed by atoms with E-state index in [1.165, 1.54) is 0 Å². The molecule has 0 saturated heterocycles. The van der Waals surface area contributed by atoms with Crippen LogP contribution in [0.1, 0.15) is 0 Å². The van der Waals surface area contributed by atoms with Gasteiger partial charge in [-0.25, -0.2) is 0 Å². The second-order valence-electron chi connectivity index (χ2n) is 2.26. The van der Waals surface area contributed by atoms with Crippen LogP contribution in [-0.2, 0) is 0 Å².